The van der Waals surface area contributed by atoms with Gasteiger partial charge in [0.2, 0.25) is 0 Å². The van der Waals surface area contributed by atoms with E-state index in [9.17, 15) is 4.79 Å². The van der Waals surface area contributed by atoms with Crippen LogP contribution in [0, 0.1) is 17.2 Å². The van der Waals surface area contributed by atoms with Gasteiger partial charge in [-0.3, -0.25) is 0 Å². The Kier molecular flexibility index (Phi) is 4.12. The number of rotatable bonds is 1. The quantitative estimate of drug-likeness (QED) is 0.505. The Hall–Kier alpha value is -1.30. The maximum absolute atomic E-state index is 11.5. The molecule has 0 aromatic rings. The van der Waals surface area contributed by atoms with Crippen molar-refractivity contribution in [3.63, 3.8) is 0 Å². The van der Waals surface area contributed by atoms with Gasteiger partial charge in [0.1, 0.15) is 5.60 Å². The monoisotopic (exact) mass is 221 g/mol. The lowest BCUT2D eigenvalue weighted by Gasteiger charge is -2.20. The molecular weight excluding hydrogens is 202 g/mol. The third-order valence-corrected chi connectivity index (χ3v) is 2.54. The number of esters is 1. The second kappa shape index (κ2) is 5.16. The van der Waals surface area contributed by atoms with Crippen LogP contribution in [0.25, 0.3) is 0 Å². The molecule has 0 aromatic heterocycles. The molecule has 1 fully saturated rings. The Morgan fingerprint density at radius 2 is 2.00 bits per heavy atom. The third-order valence-electron chi connectivity index (χ3n) is 2.54. The number of hydrogen-bond acceptors (Lipinski definition) is 3. The topological polar surface area (TPSA) is 50.1 Å². The standard InChI is InChI=1S/C13H19NO2/c1-13(2,3)16-12(15)8-10-4-6-11(9-14)7-5-10/h8,11H,4-7H2,1-3H3. The molecule has 0 unspecified atom stereocenters. The van der Waals surface area contributed by atoms with Crippen LogP contribution in [0.5, 0.6) is 0 Å². The summed E-state index contributed by atoms with van der Waals surface area (Å²) >= 11 is 0. The summed E-state index contributed by atoms with van der Waals surface area (Å²) < 4.78 is 5.21. The Morgan fingerprint density at radius 3 is 2.44 bits per heavy atom. The summed E-state index contributed by atoms with van der Waals surface area (Å²) in [6.45, 7) is 5.57. The van der Waals surface area contributed by atoms with Gasteiger partial charge in [0, 0.05) is 12.0 Å². The Labute approximate surface area is 97.1 Å². The molecule has 0 spiro atoms. The number of hydrogen-bond donors (Lipinski definition) is 0. The Morgan fingerprint density at radius 1 is 1.44 bits per heavy atom. The zero-order valence-electron chi connectivity index (χ0n) is 10.2. The Bertz CT molecular complexity index is 321. The maximum atomic E-state index is 11.5. The molecule has 0 N–H and O–H groups in total. The van der Waals surface area contributed by atoms with Gasteiger partial charge in [-0.25, -0.2) is 4.79 Å². The van der Waals surface area contributed by atoms with E-state index in [2.05, 4.69) is 6.07 Å². The second-order valence-corrected chi connectivity index (χ2v) is 5.24. The molecule has 0 saturated heterocycles. The molecule has 16 heavy (non-hydrogen) atoms. The van der Waals surface area contributed by atoms with E-state index in [1.165, 1.54) is 0 Å². The van der Waals surface area contributed by atoms with E-state index >= 15 is 0 Å². The van der Waals surface area contributed by atoms with Crippen LogP contribution in [0.1, 0.15) is 46.5 Å². The zero-order valence-corrected chi connectivity index (χ0v) is 10.2. The fourth-order valence-electron chi connectivity index (χ4n) is 1.76. The first-order valence-corrected chi connectivity index (χ1v) is 5.73. The molecule has 1 rings (SSSR count). The lowest BCUT2D eigenvalue weighted by atomic mass is 9.86. The molecular formula is C13H19NO2. The zero-order chi connectivity index (χ0) is 12.2. The fraction of sp³-hybridized carbons (Fsp3) is 0.692. The van der Waals surface area contributed by atoms with E-state index in [1.54, 1.807) is 6.08 Å². The summed E-state index contributed by atoms with van der Waals surface area (Å²) in [7, 11) is 0. The summed E-state index contributed by atoms with van der Waals surface area (Å²) in [4.78, 5) is 11.5. The van der Waals surface area contributed by atoms with Crippen LogP contribution in [0.2, 0.25) is 0 Å². The van der Waals surface area contributed by atoms with E-state index in [0.29, 0.717) is 0 Å². The number of nitriles is 1. The smallest absolute Gasteiger partial charge is 0.331 e. The van der Waals surface area contributed by atoms with Crippen molar-refractivity contribution in [2.24, 2.45) is 5.92 Å². The fourth-order valence-corrected chi connectivity index (χ4v) is 1.76. The summed E-state index contributed by atoms with van der Waals surface area (Å²) in [6, 6.07) is 2.27. The van der Waals surface area contributed by atoms with Gasteiger partial charge in [-0.1, -0.05) is 5.57 Å². The summed E-state index contributed by atoms with van der Waals surface area (Å²) in [6.07, 6.45) is 5.02. The van der Waals surface area contributed by atoms with Gasteiger partial charge in [-0.15, -0.1) is 0 Å². The molecule has 1 aliphatic rings. The van der Waals surface area contributed by atoms with Crippen molar-refractivity contribution in [1.82, 2.24) is 0 Å². The van der Waals surface area contributed by atoms with Gasteiger partial charge in [0.05, 0.1) is 6.07 Å². The first-order valence-electron chi connectivity index (χ1n) is 5.73. The van der Waals surface area contributed by atoms with E-state index in [0.717, 1.165) is 31.3 Å². The first-order chi connectivity index (χ1) is 7.40. The molecule has 0 heterocycles. The van der Waals surface area contributed by atoms with Gasteiger partial charge in [-0.05, 0) is 46.5 Å². The summed E-state index contributed by atoms with van der Waals surface area (Å²) in [5.74, 6) is -0.103. The van der Waals surface area contributed by atoms with E-state index < -0.39 is 5.60 Å². The highest BCUT2D eigenvalue weighted by Crippen LogP contribution is 2.27. The highest BCUT2D eigenvalue weighted by molar-refractivity contribution is 5.83. The molecule has 0 amide bonds. The van der Waals surface area contributed by atoms with Crippen molar-refractivity contribution >= 4 is 5.97 Å². The molecule has 0 radical (unpaired) electrons. The van der Waals surface area contributed by atoms with Crippen molar-refractivity contribution in [1.29, 1.82) is 5.26 Å². The Balaban J connectivity index is 2.47. The van der Waals surface area contributed by atoms with Crippen LogP contribution in [-0.4, -0.2) is 11.6 Å². The molecule has 88 valence electrons. The number of nitrogens with zero attached hydrogens (tertiary/aromatic N) is 1. The molecule has 1 aliphatic carbocycles. The predicted molar refractivity (Wildman–Crippen MR) is 61.5 cm³/mol. The molecule has 3 nitrogen and oxygen atoms in total. The maximum Gasteiger partial charge on any atom is 0.331 e. The summed E-state index contributed by atoms with van der Waals surface area (Å²) in [5, 5.41) is 8.75. The molecule has 0 aromatic carbocycles. The van der Waals surface area contributed by atoms with Crippen LogP contribution < -0.4 is 0 Å². The molecule has 0 bridgehead atoms. The number of carbonyl (C=O) groups excluding carboxylic acids is 1. The van der Waals surface area contributed by atoms with Gasteiger partial charge in [0.15, 0.2) is 0 Å². The van der Waals surface area contributed by atoms with Gasteiger partial charge in [-0.2, -0.15) is 5.26 Å². The molecule has 0 atom stereocenters. The van der Waals surface area contributed by atoms with Gasteiger partial charge in [0.25, 0.3) is 0 Å². The van der Waals surface area contributed by atoms with Crippen LogP contribution in [0.15, 0.2) is 11.6 Å². The predicted octanol–water partition coefficient (Wildman–Crippen LogP) is 2.97. The minimum absolute atomic E-state index is 0.163. The number of ether oxygens (including phenoxy) is 1. The minimum Gasteiger partial charge on any atom is -0.457 e. The largest absolute Gasteiger partial charge is 0.457 e. The van der Waals surface area contributed by atoms with Crippen LogP contribution >= 0.6 is 0 Å². The van der Waals surface area contributed by atoms with Crippen LogP contribution in [0.4, 0.5) is 0 Å². The average molecular weight is 221 g/mol. The number of allylic oxidation sites excluding steroid dienone is 1. The normalized spacial score (nSPS) is 21.1. The van der Waals surface area contributed by atoms with E-state index in [1.807, 2.05) is 20.8 Å². The first kappa shape index (κ1) is 12.8. The van der Waals surface area contributed by atoms with Crippen molar-refractivity contribution in [2.45, 2.75) is 52.1 Å². The van der Waals surface area contributed by atoms with Crippen molar-refractivity contribution in [2.75, 3.05) is 0 Å². The summed E-state index contributed by atoms with van der Waals surface area (Å²) in [5.41, 5.74) is 0.679. The van der Waals surface area contributed by atoms with Crippen molar-refractivity contribution < 1.29 is 9.53 Å². The highest BCUT2D eigenvalue weighted by atomic mass is 16.6. The van der Waals surface area contributed by atoms with Gasteiger partial charge >= 0.3 is 5.97 Å². The van der Waals surface area contributed by atoms with Crippen LogP contribution in [0.3, 0.4) is 0 Å². The third kappa shape index (κ3) is 4.48. The van der Waals surface area contributed by atoms with Gasteiger partial charge < -0.3 is 4.74 Å². The molecule has 0 aliphatic heterocycles. The van der Waals surface area contributed by atoms with Crippen LogP contribution in [-0.2, 0) is 9.53 Å². The molecule has 3 heteroatoms. The van der Waals surface area contributed by atoms with E-state index in [4.69, 9.17) is 10.00 Å². The highest BCUT2D eigenvalue weighted by Gasteiger charge is 2.19. The number of carbonyl (C=O) groups is 1. The minimum atomic E-state index is -0.433. The SMILES string of the molecule is CC(C)(C)OC(=O)C=C1CCC(C#N)CC1. The average Bonchev–Trinajstić information content (AvgIpc) is 2.16. The second-order valence-electron chi connectivity index (χ2n) is 5.24. The lowest BCUT2D eigenvalue weighted by Crippen LogP contribution is -2.23. The lowest BCUT2D eigenvalue weighted by molar-refractivity contribution is -0.148. The van der Waals surface area contributed by atoms with E-state index in [-0.39, 0.29) is 11.9 Å². The van der Waals surface area contributed by atoms with Crippen molar-refractivity contribution in [3.05, 3.63) is 11.6 Å². The molecule has 1 saturated carbocycles. The van der Waals surface area contributed by atoms with Crippen molar-refractivity contribution in [3.8, 4) is 6.07 Å².